The molecule has 3 nitrogen and oxygen atoms in total. The minimum atomic E-state index is -2.08. The average molecular weight is 836 g/mol. The highest BCUT2D eigenvalue weighted by atomic mass is 32.3. The third-order valence-corrected chi connectivity index (χ3v) is 17.0. The lowest BCUT2D eigenvalue weighted by Crippen LogP contribution is -2.06. The molecule has 0 aliphatic rings. The number of rotatable bonds is 7. The second kappa shape index (κ2) is 14.5. The number of nitrogens with zero attached hydrogens (tertiary/aromatic N) is 3. The van der Waals surface area contributed by atoms with Gasteiger partial charge in [-0.1, -0.05) is 140 Å². The molecule has 0 aliphatic carbocycles. The quantitative estimate of drug-likeness (QED) is 0.152. The first kappa shape index (κ1) is 36.6. The van der Waals surface area contributed by atoms with Gasteiger partial charge in [-0.3, -0.25) is 0 Å². The predicted molar refractivity (Wildman–Crippen MR) is 269 cm³/mol. The topological polar surface area (TPSA) is 14.8 Å². The highest BCUT2D eigenvalue weighted by Gasteiger charge is 2.34. The summed E-state index contributed by atoms with van der Waals surface area (Å²) in [6.07, 6.45) is 0. The molecule has 0 aliphatic heterocycles. The van der Waals surface area contributed by atoms with E-state index in [9.17, 15) is 0 Å². The fraction of sp³-hybridized carbons (Fsp3) is 0. The maximum absolute atomic E-state index is 2.50. The molecular weight excluding hydrogens is 795 g/mol. The second-order valence-electron chi connectivity index (χ2n) is 16.5. The van der Waals surface area contributed by atoms with E-state index in [2.05, 4.69) is 262 Å². The Morgan fingerprint density at radius 3 is 1.05 bits per heavy atom. The Hall–Kier alpha value is -8.05. The van der Waals surface area contributed by atoms with E-state index in [1.165, 1.54) is 85.0 Å². The van der Waals surface area contributed by atoms with Crippen LogP contribution in [0.25, 0.3) is 82.5 Å². The van der Waals surface area contributed by atoms with Crippen molar-refractivity contribution in [2.45, 2.75) is 19.6 Å². The van der Waals surface area contributed by atoms with Gasteiger partial charge in [0.15, 0.2) is 0 Å². The normalized spacial score (nSPS) is 12.3. The number of hydrogen-bond acceptors (Lipinski definition) is 0. The molecule has 0 amide bonds. The Morgan fingerprint density at radius 1 is 0.203 bits per heavy atom. The lowest BCUT2D eigenvalue weighted by atomic mass is 10.1. The highest BCUT2D eigenvalue weighted by molar-refractivity contribution is 8.34. The number of benzene rings is 10. The fourth-order valence-electron chi connectivity index (χ4n) is 10.4. The molecule has 3 aromatic heterocycles. The first-order valence-corrected chi connectivity index (χ1v) is 23.6. The van der Waals surface area contributed by atoms with Crippen molar-refractivity contribution in [1.82, 2.24) is 13.7 Å². The van der Waals surface area contributed by atoms with E-state index in [4.69, 9.17) is 0 Å². The summed E-state index contributed by atoms with van der Waals surface area (Å²) in [6, 6.07) is 92.1. The van der Waals surface area contributed by atoms with E-state index in [-0.39, 0.29) is 0 Å². The number of hydrogen-bond donors (Lipinski definition) is 0. The van der Waals surface area contributed by atoms with Gasteiger partial charge in [0.2, 0.25) is 0 Å². The maximum atomic E-state index is 2.50. The van der Waals surface area contributed by atoms with Gasteiger partial charge in [-0.2, -0.15) is 0 Å². The predicted octanol–water partition coefficient (Wildman–Crippen LogP) is 16.3. The van der Waals surface area contributed by atoms with Crippen LogP contribution in [0.1, 0.15) is 0 Å². The summed E-state index contributed by atoms with van der Waals surface area (Å²) in [7, 11) is -2.08. The van der Waals surface area contributed by atoms with Gasteiger partial charge >= 0.3 is 0 Å². The minimum Gasteiger partial charge on any atom is -0.309 e. The number of fused-ring (bicyclic) bond motifs is 9. The molecule has 0 bridgehead atoms. The van der Waals surface area contributed by atoms with E-state index in [1.54, 1.807) is 0 Å². The molecular formula is C60H41N3S. The number of para-hydroxylation sites is 5. The third kappa shape index (κ3) is 5.36. The molecule has 13 rings (SSSR count). The van der Waals surface area contributed by atoms with Crippen molar-refractivity contribution >= 4 is 75.4 Å². The SMILES string of the molecule is c1ccc(-n2c3ccccc3c3ccc(S(c4ccccc4)(c4ccccc4)c4cccc(-n5c6ccccc6c6cc7c(cc65)c5ccccc5n7-c5ccccc5)c4)cc32)cc1. The van der Waals surface area contributed by atoms with Crippen LogP contribution < -0.4 is 0 Å². The smallest absolute Gasteiger partial charge is 0.0552 e. The third-order valence-electron chi connectivity index (χ3n) is 13.1. The molecule has 0 spiro atoms. The van der Waals surface area contributed by atoms with E-state index >= 15 is 0 Å². The average Bonchev–Trinajstić information content (AvgIpc) is 4.00. The molecule has 4 heteroatoms. The van der Waals surface area contributed by atoms with Crippen molar-refractivity contribution in [3.63, 3.8) is 0 Å². The van der Waals surface area contributed by atoms with Crippen LogP contribution in [0.5, 0.6) is 0 Å². The van der Waals surface area contributed by atoms with Crippen molar-refractivity contribution in [2.24, 2.45) is 0 Å². The maximum Gasteiger partial charge on any atom is 0.0552 e. The van der Waals surface area contributed by atoms with Crippen LogP contribution in [0.15, 0.2) is 268 Å². The molecule has 10 aromatic carbocycles. The van der Waals surface area contributed by atoms with Gasteiger partial charge in [0, 0.05) is 69.0 Å². The lowest BCUT2D eigenvalue weighted by molar-refractivity contribution is 1.15. The van der Waals surface area contributed by atoms with E-state index in [1.807, 2.05) is 0 Å². The van der Waals surface area contributed by atoms with Crippen LogP contribution in [-0.4, -0.2) is 13.7 Å². The second-order valence-corrected chi connectivity index (χ2v) is 19.6. The number of aromatic nitrogens is 3. The van der Waals surface area contributed by atoms with Gasteiger partial charge in [-0.15, -0.1) is 10.0 Å². The monoisotopic (exact) mass is 835 g/mol. The first-order chi connectivity index (χ1) is 31.8. The van der Waals surface area contributed by atoms with Crippen LogP contribution in [0.4, 0.5) is 0 Å². The van der Waals surface area contributed by atoms with Gasteiger partial charge in [0.05, 0.1) is 33.1 Å². The van der Waals surface area contributed by atoms with E-state index in [0.29, 0.717) is 0 Å². The Labute approximate surface area is 372 Å². The van der Waals surface area contributed by atoms with Crippen molar-refractivity contribution in [3.8, 4) is 17.1 Å². The molecule has 64 heavy (non-hydrogen) atoms. The fourth-order valence-corrected chi connectivity index (χ4v) is 14.3. The zero-order valence-electron chi connectivity index (χ0n) is 34.9. The van der Waals surface area contributed by atoms with Crippen molar-refractivity contribution in [1.29, 1.82) is 0 Å². The van der Waals surface area contributed by atoms with Crippen LogP contribution in [0.3, 0.4) is 0 Å². The molecule has 0 atom stereocenters. The molecule has 0 unspecified atom stereocenters. The Kier molecular flexibility index (Phi) is 8.30. The van der Waals surface area contributed by atoms with Crippen molar-refractivity contribution < 1.29 is 0 Å². The van der Waals surface area contributed by atoms with Crippen LogP contribution in [0.2, 0.25) is 0 Å². The summed E-state index contributed by atoms with van der Waals surface area (Å²) >= 11 is 0. The first-order valence-electron chi connectivity index (χ1n) is 21.9. The molecule has 0 saturated heterocycles. The largest absolute Gasteiger partial charge is 0.309 e. The van der Waals surface area contributed by atoms with Gasteiger partial charge in [0.1, 0.15) is 0 Å². The summed E-state index contributed by atoms with van der Waals surface area (Å²) in [5, 5.41) is 7.45. The summed E-state index contributed by atoms with van der Waals surface area (Å²) in [4.78, 5) is 5.14. The van der Waals surface area contributed by atoms with Gasteiger partial charge in [0.25, 0.3) is 0 Å². The summed E-state index contributed by atoms with van der Waals surface area (Å²) in [5.41, 5.74) is 10.6. The van der Waals surface area contributed by atoms with Crippen LogP contribution in [0, 0.1) is 0 Å². The molecule has 0 radical (unpaired) electrons. The summed E-state index contributed by atoms with van der Waals surface area (Å²) < 4.78 is 7.36. The zero-order valence-corrected chi connectivity index (χ0v) is 35.7. The Bertz CT molecular complexity index is 3840. The Balaban J connectivity index is 1.11. The minimum absolute atomic E-state index is 1.14. The molecule has 3 heterocycles. The molecule has 0 N–H and O–H groups in total. The molecule has 302 valence electrons. The van der Waals surface area contributed by atoms with E-state index in [0.717, 1.165) is 17.1 Å². The molecule has 13 aromatic rings. The highest BCUT2D eigenvalue weighted by Crippen LogP contribution is 2.74. The van der Waals surface area contributed by atoms with Gasteiger partial charge < -0.3 is 13.7 Å². The molecule has 0 fully saturated rings. The van der Waals surface area contributed by atoms with E-state index < -0.39 is 10.0 Å². The van der Waals surface area contributed by atoms with Crippen molar-refractivity contribution in [3.05, 3.63) is 249 Å². The van der Waals surface area contributed by atoms with Gasteiger partial charge in [-0.25, -0.2) is 0 Å². The van der Waals surface area contributed by atoms with Crippen LogP contribution >= 0.6 is 10.0 Å². The lowest BCUT2D eigenvalue weighted by Gasteiger charge is -2.42. The zero-order chi connectivity index (χ0) is 42.2. The van der Waals surface area contributed by atoms with Gasteiger partial charge in [-0.05, 0) is 109 Å². The Morgan fingerprint density at radius 2 is 0.547 bits per heavy atom. The summed E-state index contributed by atoms with van der Waals surface area (Å²) in [5.74, 6) is 0. The molecule has 0 saturated carbocycles. The standard InChI is InChI=1S/C60H41N3S/c1-5-20-42(21-6-1)61-55-33-16-13-30-49(55)52-37-36-48(39-58(52)61)64(45-25-9-3-10-26-45,46-27-11-4-12-28-46)47-29-19-24-44(38-47)63-57-35-18-15-32-51(57)54-40-59-53(41-60(54)63)50-31-14-17-34-56(50)62(59)43-22-7-2-8-23-43/h1-41H. The van der Waals surface area contributed by atoms with Crippen molar-refractivity contribution in [2.75, 3.05) is 0 Å². The van der Waals surface area contributed by atoms with Crippen LogP contribution in [-0.2, 0) is 0 Å². The summed E-state index contributed by atoms with van der Waals surface area (Å²) in [6.45, 7) is 0.